The molecule has 0 rings (SSSR count). The van der Waals surface area contributed by atoms with Crippen molar-refractivity contribution in [2.45, 2.75) is 31.3 Å². The zero-order valence-electron chi connectivity index (χ0n) is 13.9. The zero-order valence-corrected chi connectivity index (χ0v) is 17.1. The van der Waals surface area contributed by atoms with E-state index in [0.717, 1.165) is 0 Å². The number of hydrogen-bond donors (Lipinski definition) is 6. The number of aliphatic imine (C=N–C) groups is 1. The van der Waals surface area contributed by atoms with E-state index in [1.807, 2.05) is 5.32 Å². The molecule has 3 amide bonds. The molecule has 0 bridgehead atoms. The number of amides is 3. The molecule has 2 unspecified atom stereocenters. The molecule has 25 heavy (non-hydrogen) atoms. The molecule has 0 aliphatic rings. The molecular formula is C12H22KN7O5. The fourth-order valence-electron chi connectivity index (χ4n) is 1.58. The Hall–Kier alpha value is -1.25. The van der Waals surface area contributed by atoms with Crippen molar-refractivity contribution in [3.63, 3.8) is 0 Å². The fraction of sp³-hybridized carbons (Fsp3) is 0.583. The van der Waals surface area contributed by atoms with Crippen molar-refractivity contribution in [3.05, 3.63) is 5.73 Å². The summed E-state index contributed by atoms with van der Waals surface area (Å²) >= 11 is 0. The number of nitrogens with one attached hydrogen (secondary N) is 3. The molecule has 0 aromatic heterocycles. The number of carbonyl (C=O) groups excluding carboxylic acids is 3. The van der Waals surface area contributed by atoms with Crippen LogP contribution in [0, 0.1) is 0 Å². The summed E-state index contributed by atoms with van der Waals surface area (Å²) in [6, 6.07) is -2.40. The van der Waals surface area contributed by atoms with E-state index in [0.29, 0.717) is 13.0 Å². The number of nitrogens with zero attached hydrogens (tertiary/aromatic N) is 1. The molecule has 2 atom stereocenters. The largest absolute Gasteiger partial charge is 1.00 e. The molecule has 10 N–H and O–H groups in total. The number of guanidine groups is 1. The normalized spacial score (nSPS) is 12.0. The third kappa shape index (κ3) is 13.7. The molecule has 0 heterocycles. The average molecular weight is 383 g/mol. The van der Waals surface area contributed by atoms with Crippen molar-refractivity contribution >= 4 is 29.7 Å². The first-order valence-corrected chi connectivity index (χ1v) is 6.98. The van der Waals surface area contributed by atoms with E-state index in [1.165, 1.54) is 0 Å². The van der Waals surface area contributed by atoms with Crippen molar-refractivity contribution in [3.8, 4) is 0 Å². The number of nitrogens with two attached hydrogens (primary N) is 3. The fourth-order valence-corrected chi connectivity index (χ4v) is 1.58. The Morgan fingerprint density at radius 2 is 1.80 bits per heavy atom. The number of aliphatic carboxylic acids is 1. The van der Waals surface area contributed by atoms with Gasteiger partial charge < -0.3 is 43.5 Å². The van der Waals surface area contributed by atoms with Gasteiger partial charge in [0.25, 0.3) is 0 Å². The summed E-state index contributed by atoms with van der Waals surface area (Å²) in [5.74, 6) is -4.06. The Kier molecular flexibility index (Phi) is 14.5. The van der Waals surface area contributed by atoms with Gasteiger partial charge in [0, 0.05) is 13.0 Å². The molecule has 136 valence electrons. The predicted octanol–water partition coefficient (Wildman–Crippen LogP) is -5.97. The van der Waals surface area contributed by atoms with Gasteiger partial charge in [-0.05, 0) is 12.8 Å². The van der Waals surface area contributed by atoms with Gasteiger partial charge in [-0.15, -0.1) is 0 Å². The first-order valence-electron chi connectivity index (χ1n) is 6.98. The number of carbonyl (C=O) groups is 4. The van der Waals surface area contributed by atoms with Gasteiger partial charge in [0.15, 0.2) is 5.96 Å². The van der Waals surface area contributed by atoms with Crippen LogP contribution in [-0.2, 0) is 19.2 Å². The zero-order chi connectivity index (χ0) is 18.7. The summed E-state index contributed by atoms with van der Waals surface area (Å²) in [6.45, 7) is -0.193. The maximum Gasteiger partial charge on any atom is 1.00 e. The van der Waals surface area contributed by atoms with Gasteiger partial charge >= 0.3 is 57.4 Å². The molecule has 0 aromatic carbocycles. The summed E-state index contributed by atoms with van der Waals surface area (Å²) in [6.07, 6.45) is 0.0834. The Bertz CT molecular complexity index is 510. The second-order valence-electron chi connectivity index (χ2n) is 4.86. The Morgan fingerprint density at radius 1 is 1.20 bits per heavy atom. The first kappa shape index (κ1) is 26.0. The minimum atomic E-state index is -1.52. The van der Waals surface area contributed by atoms with Crippen molar-refractivity contribution in [1.82, 2.24) is 10.6 Å². The van der Waals surface area contributed by atoms with Crippen LogP contribution in [0.15, 0.2) is 4.99 Å². The number of carboxylic acid groups (broad SMARTS) is 1. The van der Waals surface area contributed by atoms with Crippen LogP contribution in [0.25, 0.3) is 5.73 Å². The first-order chi connectivity index (χ1) is 11.1. The predicted molar refractivity (Wildman–Crippen MR) is 84.4 cm³/mol. The minimum Gasteiger partial charge on any atom is -0.668 e. The van der Waals surface area contributed by atoms with Crippen molar-refractivity contribution < 1.29 is 75.7 Å². The van der Waals surface area contributed by atoms with Crippen LogP contribution in [0.2, 0.25) is 0 Å². The maximum absolute atomic E-state index is 11.7. The summed E-state index contributed by atoms with van der Waals surface area (Å²) < 4.78 is 0. The molecule has 0 saturated heterocycles. The molecule has 0 fully saturated rings. The second-order valence-corrected chi connectivity index (χ2v) is 4.86. The van der Waals surface area contributed by atoms with Crippen LogP contribution in [0.1, 0.15) is 19.3 Å². The van der Waals surface area contributed by atoms with Crippen LogP contribution in [0.5, 0.6) is 0 Å². The number of hydrogen-bond acceptors (Lipinski definition) is 6. The maximum atomic E-state index is 11.7. The van der Waals surface area contributed by atoms with Crippen molar-refractivity contribution in [2.24, 2.45) is 22.2 Å². The van der Waals surface area contributed by atoms with E-state index >= 15 is 0 Å². The van der Waals surface area contributed by atoms with E-state index in [4.69, 9.17) is 28.0 Å². The van der Waals surface area contributed by atoms with E-state index in [1.54, 1.807) is 0 Å². The molecule has 0 radical (unpaired) electrons. The van der Waals surface area contributed by atoms with Gasteiger partial charge in [0.05, 0.1) is 18.5 Å². The summed E-state index contributed by atoms with van der Waals surface area (Å²) in [5, 5.41) is 13.1. The van der Waals surface area contributed by atoms with Gasteiger partial charge in [-0.2, -0.15) is 0 Å². The van der Waals surface area contributed by atoms with Gasteiger partial charge in [-0.3, -0.25) is 14.6 Å². The van der Waals surface area contributed by atoms with Crippen LogP contribution in [0.4, 0.5) is 0 Å². The third-order valence-corrected chi connectivity index (χ3v) is 2.75. The molecule has 0 spiro atoms. The average Bonchev–Trinajstić information content (AvgIpc) is 2.47. The van der Waals surface area contributed by atoms with E-state index in [2.05, 4.69) is 10.3 Å². The number of rotatable bonds is 11. The van der Waals surface area contributed by atoms with Gasteiger partial charge in [-0.25, -0.2) is 4.79 Å². The topological polar surface area (TPSA) is 227 Å². The molecule has 13 heteroatoms. The van der Waals surface area contributed by atoms with Crippen molar-refractivity contribution in [1.29, 1.82) is 0 Å². The minimum absolute atomic E-state index is 0. The van der Waals surface area contributed by atoms with Crippen LogP contribution in [-0.4, -0.2) is 59.9 Å². The van der Waals surface area contributed by atoms with Gasteiger partial charge in [0.1, 0.15) is 6.04 Å². The van der Waals surface area contributed by atoms with Crippen LogP contribution < -0.4 is 79.2 Å². The molecule has 0 aliphatic carbocycles. The number of carboxylic acids is 1. The summed E-state index contributed by atoms with van der Waals surface area (Å²) in [5.41, 5.74) is 22.6. The van der Waals surface area contributed by atoms with Gasteiger partial charge in [-0.1, -0.05) is 0 Å². The van der Waals surface area contributed by atoms with E-state index in [-0.39, 0.29) is 63.8 Å². The summed E-state index contributed by atoms with van der Waals surface area (Å²) in [7, 11) is 0. The Balaban J connectivity index is 0. The molecule has 0 aromatic rings. The standard InChI is InChI=1S/C12H23N7O5.K/c13-6(2-1-3-17-12(15)16)10(22)18-5-9(21)19-7(11(23)24)4-8(14)20;/h6-7H,1-5,13H2,(H9,14,15,16,17,18,19,20,21,22,23,24);/q;+1/p-1. The van der Waals surface area contributed by atoms with Gasteiger partial charge in [0.2, 0.25) is 11.8 Å². The van der Waals surface area contributed by atoms with E-state index < -0.39 is 48.7 Å². The van der Waals surface area contributed by atoms with Crippen LogP contribution >= 0.6 is 0 Å². The SMILES string of the molecule is [K+].[NH-]C(=O)CC(NC(=O)CNC(=O)C(N)CCCN=C(N)N)C(=O)O. The monoisotopic (exact) mass is 383 g/mol. The molecule has 0 aliphatic heterocycles. The van der Waals surface area contributed by atoms with Crippen LogP contribution in [0.3, 0.4) is 0 Å². The summed E-state index contributed by atoms with van der Waals surface area (Å²) in [4.78, 5) is 48.4. The Labute approximate surface area is 186 Å². The second kappa shape index (κ2) is 14.0. The quantitative estimate of drug-likeness (QED) is 0.0868. The smallest absolute Gasteiger partial charge is 0.668 e. The molecular weight excluding hydrogens is 361 g/mol. The molecule has 0 saturated carbocycles. The third-order valence-electron chi connectivity index (χ3n) is 2.75. The Morgan fingerprint density at radius 3 is 2.28 bits per heavy atom. The van der Waals surface area contributed by atoms with Crippen molar-refractivity contribution in [2.75, 3.05) is 13.1 Å². The van der Waals surface area contributed by atoms with E-state index in [9.17, 15) is 19.2 Å². The molecule has 12 nitrogen and oxygen atoms in total.